The van der Waals surface area contributed by atoms with Gasteiger partial charge in [0, 0.05) is 25.2 Å². The number of nitrogens with zero attached hydrogens (tertiary/aromatic N) is 2. The van der Waals surface area contributed by atoms with Crippen LogP contribution in [0.15, 0.2) is 30.3 Å². The summed E-state index contributed by atoms with van der Waals surface area (Å²) < 4.78 is 40.6. The van der Waals surface area contributed by atoms with E-state index in [0.717, 1.165) is 26.1 Å². The molecule has 1 heterocycles. The molecule has 1 atom stereocenters. The van der Waals surface area contributed by atoms with Crippen molar-refractivity contribution in [2.45, 2.75) is 64.8 Å². The molecule has 7 heteroatoms. The largest absolute Gasteiger partial charge is 0.573 e. The van der Waals surface area contributed by atoms with Crippen molar-refractivity contribution < 1.29 is 22.7 Å². The Morgan fingerprint density at radius 3 is 2.30 bits per heavy atom. The second kappa shape index (κ2) is 12.0. The summed E-state index contributed by atoms with van der Waals surface area (Å²) in [5, 5.41) is 0. The standard InChI is InChI=1S/C23H33F3N2O2/c1-3-15-28(19(2)18-27-16-7-5-4-6-8-17-27)22(29)14-11-20-9-12-21(13-10-20)30-23(24,25)26/h9-14,19H,3-8,15-18H2,1-2H3/b14-11+/t19-/m1/s1. The highest BCUT2D eigenvalue weighted by Crippen LogP contribution is 2.23. The van der Waals surface area contributed by atoms with Crippen molar-refractivity contribution in [1.82, 2.24) is 9.80 Å². The molecule has 0 aromatic heterocycles. The predicted octanol–water partition coefficient (Wildman–Crippen LogP) is 5.49. The van der Waals surface area contributed by atoms with Gasteiger partial charge in [-0.25, -0.2) is 0 Å². The first-order valence-electron chi connectivity index (χ1n) is 10.9. The second-order valence-corrected chi connectivity index (χ2v) is 7.90. The van der Waals surface area contributed by atoms with Gasteiger partial charge in [-0.2, -0.15) is 0 Å². The minimum absolute atomic E-state index is 0.0768. The van der Waals surface area contributed by atoms with Gasteiger partial charge in [0.1, 0.15) is 5.75 Å². The quantitative estimate of drug-likeness (QED) is 0.515. The summed E-state index contributed by atoms with van der Waals surface area (Å²) in [4.78, 5) is 17.2. The van der Waals surface area contributed by atoms with Gasteiger partial charge < -0.3 is 14.5 Å². The van der Waals surface area contributed by atoms with Crippen molar-refractivity contribution in [3.8, 4) is 5.75 Å². The van der Waals surface area contributed by atoms with Crippen LogP contribution in [0.2, 0.25) is 0 Å². The van der Waals surface area contributed by atoms with Gasteiger partial charge in [0.25, 0.3) is 0 Å². The summed E-state index contributed by atoms with van der Waals surface area (Å²) in [6, 6.07) is 5.58. The number of hydrogen-bond acceptors (Lipinski definition) is 3. The zero-order chi connectivity index (χ0) is 22.0. The SMILES string of the molecule is CCCN(C(=O)/C=C/c1ccc(OC(F)(F)F)cc1)[C@H](C)CN1CCCCCCC1. The molecule has 1 fully saturated rings. The van der Waals surface area contributed by atoms with Crippen LogP contribution in [-0.4, -0.2) is 54.3 Å². The van der Waals surface area contributed by atoms with Crippen LogP contribution in [0.25, 0.3) is 6.08 Å². The summed E-state index contributed by atoms with van der Waals surface area (Å²) in [6.07, 6.45) is 5.58. The number of ether oxygens (including phenoxy) is 1. The molecule has 0 saturated carbocycles. The number of hydrogen-bond donors (Lipinski definition) is 0. The first-order chi connectivity index (χ1) is 14.3. The second-order valence-electron chi connectivity index (χ2n) is 7.90. The van der Waals surface area contributed by atoms with Gasteiger partial charge in [-0.05, 0) is 63.0 Å². The minimum atomic E-state index is -4.71. The lowest BCUT2D eigenvalue weighted by atomic mass is 10.1. The van der Waals surface area contributed by atoms with E-state index in [9.17, 15) is 18.0 Å². The van der Waals surface area contributed by atoms with E-state index >= 15 is 0 Å². The van der Waals surface area contributed by atoms with Gasteiger partial charge in [-0.3, -0.25) is 4.79 Å². The minimum Gasteiger partial charge on any atom is -0.406 e. The summed E-state index contributed by atoms with van der Waals surface area (Å²) in [5.41, 5.74) is 0.644. The number of rotatable bonds is 8. The number of likely N-dealkylation sites (tertiary alicyclic amines) is 1. The molecule has 0 N–H and O–H groups in total. The van der Waals surface area contributed by atoms with Gasteiger partial charge in [0.15, 0.2) is 0 Å². The van der Waals surface area contributed by atoms with Gasteiger partial charge in [0.05, 0.1) is 0 Å². The Hall–Kier alpha value is -2.02. The fourth-order valence-corrected chi connectivity index (χ4v) is 3.80. The lowest BCUT2D eigenvalue weighted by Crippen LogP contribution is -2.45. The Morgan fingerprint density at radius 1 is 1.13 bits per heavy atom. The smallest absolute Gasteiger partial charge is 0.406 e. The monoisotopic (exact) mass is 426 g/mol. The van der Waals surface area contributed by atoms with Crippen molar-refractivity contribution in [3.63, 3.8) is 0 Å². The van der Waals surface area contributed by atoms with Crippen molar-refractivity contribution in [1.29, 1.82) is 0 Å². The lowest BCUT2D eigenvalue weighted by molar-refractivity contribution is -0.274. The molecule has 1 aliphatic heterocycles. The molecule has 0 spiro atoms. The summed E-state index contributed by atoms with van der Waals surface area (Å²) >= 11 is 0. The lowest BCUT2D eigenvalue weighted by Gasteiger charge is -2.33. The fraction of sp³-hybridized carbons (Fsp3) is 0.609. The molecule has 1 aromatic rings. The van der Waals surface area contributed by atoms with Gasteiger partial charge in [0.2, 0.25) is 5.91 Å². The van der Waals surface area contributed by atoms with Gasteiger partial charge in [-0.1, -0.05) is 38.3 Å². The molecule has 0 bridgehead atoms. The maximum Gasteiger partial charge on any atom is 0.573 e. The van der Waals surface area contributed by atoms with Crippen LogP contribution in [0, 0.1) is 0 Å². The van der Waals surface area contributed by atoms with Crippen molar-refractivity contribution in [3.05, 3.63) is 35.9 Å². The topological polar surface area (TPSA) is 32.8 Å². The van der Waals surface area contributed by atoms with Crippen LogP contribution in [0.1, 0.15) is 57.9 Å². The molecule has 30 heavy (non-hydrogen) atoms. The van der Waals surface area contributed by atoms with E-state index in [1.807, 2.05) is 11.8 Å². The van der Waals surface area contributed by atoms with E-state index in [1.165, 1.54) is 62.4 Å². The molecule has 1 amide bonds. The zero-order valence-corrected chi connectivity index (χ0v) is 18.0. The third-order valence-electron chi connectivity index (χ3n) is 5.28. The first-order valence-corrected chi connectivity index (χ1v) is 10.9. The number of amides is 1. The van der Waals surface area contributed by atoms with E-state index in [4.69, 9.17) is 0 Å². The molecule has 4 nitrogen and oxygen atoms in total. The fourth-order valence-electron chi connectivity index (χ4n) is 3.80. The molecule has 1 aliphatic rings. The number of carbonyl (C=O) groups is 1. The maximum atomic E-state index is 12.8. The van der Waals surface area contributed by atoms with Crippen LogP contribution in [-0.2, 0) is 4.79 Å². The Bertz CT molecular complexity index is 666. The highest BCUT2D eigenvalue weighted by atomic mass is 19.4. The van der Waals surface area contributed by atoms with Crippen LogP contribution in [0.3, 0.4) is 0 Å². The van der Waals surface area contributed by atoms with Crippen molar-refractivity contribution in [2.24, 2.45) is 0 Å². The molecule has 0 radical (unpaired) electrons. The Morgan fingerprint density at radius 2 is 1.73 bits per heavy atom. The normalized spacial score (nSPS) is 17.4. The summed E-state index contributed by atoms with van der Waals surface area (Å²) in [6.45, 7) is 7.84. The molecule has 2 rings (SSSR count). The Labute approximate surface area is 177 Å². The van der Waals surface area contributed by atoms with E-state index in [-0.39, 0.29) is 17.7 Å². The van der Waals surface area contributed by atoms with Crippen LogP contribution < -0.4 is 4.74 Å². The van der Waals surface area contributed by atoms with Crippen LogP contribution in [0.4, 0.5) is 13.2 Å². The van der Waals surface area contributed by atoms with E-state index in [2.05, 4.69) is 16.6 Å². The molecular weight excluding hydrogens is 393 g/mol. The third-order valence-corrected chi connectivity index (χ3v) is 5.28. The van der Waals surface area contributed by atoms with E-state index in [0.29, 0.717) is 12.1 Å². The average molecular weight is 427 g/mol. The highest BCUT2D eigenvalue weighted by molar-refractivity contribution is 5.92. The molecular formula is C23H33F3N2O2. The number of carbonyl (C=O) groups excluding carboxylic acids is 1. The van der Waals surface area contributed by atoms with Gasteiger partial charge in [-0.15, -0.1) is 13.2 Å². The average Bonchev–Trinajstić information content (AvgIpc) is 2.66. The highest BCUT2D eigenvalue weighted by Gasteiger charge is 2.30. The predicted molar refractivity (Wildman–Crippen MR) is 113 cm³/mol. The molecule has 168 valence electrons. The van der Waals surface area contributed by atoms with E-state index in [1.54, 1.807) is 6.08 Å². The van der Waals surface area contributed by atoms with Gasteiger partial charge >= 0.3 is 6.36 Å². The number of alkyl halides is 3. The summed E-state index contributed by atoms with van der Waals surface area (Å²) in [5.74, 6) is -0.354. The zero-order valence-electron chi connectivity index (χ0n) is 18.0. The van der Waals surface area contributed by atoms with Crippen molar-refractivity contribution in [2.75, 3.05) is 26.2 Å². The molecule has 0 aliphatic carbocycles. The third kappa shape index (κ3) is 8.78. The van der Waals surface area contributed by atoms with Crippen molar-refractivity contribution >= 4 is 12.0 Å². The number of benzene rings is 1. The maximum absolute atomic E-state index is 12.8. The summed E-state index contributed by atoms with van der Waals surface area (Å²) in [7, 11) is 0. The van der Waals surface area contributed by atoms with E-state index < -0.39 is 6.36 Å². The Balaban J connectivity index is 1.96. The Kier molecular flexibility index (Phi) is 9.69. The van der Waals surface area contributed by atoms with Crippen LogP contribution in [0.5, 0.6) is 5.75 Å². The molecule has 0 unspecified atom stereocenters. The van der Waals surface area contributed by atoms with Crippen LogP contribution >= 0.6 is 0 Å². The molecule has 1 aromatic carbocycles. The number of halogens is 3. The molecule has 1 saturated heterocycles. The first kappa shape index (κ1) is 24.3.